The Morgan fingerprint density at radius 1 is 1.03 bits per heavy atom. The van der Waals surface area contributed by atoms with Gasteiger partial charge in [0.2, 0.25) is 5.91 Å². The minimum absolute atomic E-state index is 0.0326. The SMILES string of the molecule is CC(C)C(C(=O)N1CCC(Cc2ccccc2)CC1)n1nnc2ccccc2c1=O. The molecule has 0 spiro atoms. The van der Waals surface area contributed by atoms with E-state index in [9.17, 15) is 9.59 Å². The second-order valence-corrected chi connectivity index (χ2v) is 8.50. The van der Waals surface area contributed by atoms with Crippen molar-refractivity contribution in [2.75, 3.05) is 13.1 Å². The Morgan fingerprint density at radius 2 is 1.70 bits per heavy atom. The molecule has 1 unspecified atom stereocenters. The van der Waals surface area contributed by atoms with Crippen LogP contribution in [0.4, 0.5) is 0 Å². The summed E-state index contributed by atoms with van der Waals surface area (Å²) in [6.45, 7) is 5.34. The summed E-state index contributed by atoms with van der Waals surface area (Å²) in [5.41, 5.74) is 1.64. The molecule has 2 aromatic carbocycles. The monoisotopic (exact) mass is 404 g/mol. The summed E-state index contributed by atoms with van der Waals surface area (Å²) in [6, 6.07) is 17.0. The number of rotatable bonds is 5. The van der Waals surface area contributed by atoms with Gasteiger partial charge in [0.1, 0.15) is 11.6 Å². The molecule has 0 N–H and O–H groups in total. The van der Waals surface area contributed by atoms with Gasteiger partial charge in [0.05, 0.1) is 5.39 Å². The summed E-state index contributed by atoms with van der Waals surface area (Å²) in [7, 11) is 0. The number of hydrogen-bond donors (Lipinski definition) is 0. The molecular formula is C24H28N4O2. The van der Waals surface area contributed by atoms with Crippen LogP contribution in [0.3, 0.4) is 0 Å². The Balaban J connectivity index is 1.50. The molecule has 1 aromatic heterocycles. The van der Waals surface area contributed by atoms with Gasteiger partial charge >= 0.3 is 0 Å². The molecule has 30 heavy (non-hydrogen) atoms. The third-order valence-electron chi connectivity index (χ3n) is 6.03. The van der Waals surface area contributed by atoms with Crippen LogP contribution in [0.25, 0.3) is 10.9 Å². The number of benzene rings is 2. The van der Waals surface area contributed by atoms with Crippen LogP contribution < -0.4 is 5.56 Å². The van der Waals surface area contributed by atoms with Gasteiger partial charge in [-0.25, -0.2) is 0 Å². The molecule has 6 nitrogen and oxygen atoms in total. The van der Waals surface area contributed by atoms with Crippen molar-refractivity contribution in [1.29, 1.82) is 0 Å². The van der Waals surface area contributed by atoms with Crippen LogP contribution in [-0.2, 0) is 11.2 Å². The molecule has 2 heterocycles. The van der Waals surface area contributed by atoms with Gasteiger partial charge in [-0.2, -0.15) is 4.68 Å². The van der Waals surface area contributed by atoms with Crippen molar-refractivity contribution < 1.29 is 4.79 Å². The van der Waals surface area contributed by atoms with E-state index in [4.69, 9.17) is 0 Å². The highest BCUT2D eigenvalue weighted by Crippen LogP contribution is 2.25. The zero-order chi connectivity index (χ0) is 21.1. The van der Waals surface area contributed by atoms with Crippen LogP contribution in [0.15, 0.2) is 59.4 Å². The summed E-state index contributed by atoms with van der Waals surface area (Å²) in [5.74, 6) is 0.486. The molecule has 156 valence electrons. The van der Waals surface area contributed by atoms with Gasteiger partial charge in [-0.3, -0.25) is 9.59 Å². The third kappa shape index (κ3) is 4.13. The van der Waals surface area contributed by atoms with Crippen molar-refractivity contribution in [2.45, 2.75) is 39.2 Å². The second kappa shape index (κ2) is 8.78. The molecule has 0 aliphatic carbocycles. The van der Waals surface area contributed by atoms with Crippen molar-refractivity contribution in [3.63, 3.8) is 0 Å². The van der Waals surface area contributed by atoms with Crippen LogP contribution in [0.2, 0.25) is 0 Å². The van der Waals surface area contributed by atoms with Crippen LogP contribution in [0.1, 0.15) is 38.3 Å². The highest BCUT2D eigenvalue weighted by Gasteiger charge is 2.33. The molecule has 1 saturated heterocycles. The fourth-order valence-corrected chi connectivity index (χ4v) is 4.35. The van der Waals surface area contributed by atoms with Crippen molar-refractivity contribution in [3.8, 4) is 0 Å². The third-order valence-corrected chi connectivity index (χ3v) is 6.03. The minimum atomic E-state index is -0.639. The number of nitrogens with zero attached hydrogens (tertiary/aromatic N) is 4. The van der Waals surface area contributed by atoms with E-state index >= 15 is 0 Å². The van der Waals surface area contributed by atoms with E-state index in [1.807, 2.05) is 30.9 Å². The molecular weight excluding hydrogens is 376 g/mol. The molecule has 4 rings (SSSR count). The van der Waals surface area contributed by atoms with E-state index in [2.05, 4.69) is 34.6 Å². The van der Waals surface area contributed by atoms with Crippen molar-refractivity contribution in [3.05, 3.63) is 70.5 Å². The lowest BCUT2D eigenvalue weighted by Gasteiger charge is -2.35. The molecule has 1 atom stereocenters. The second-order valence-electron chi connectivity index (χ2n) is 8.50. The number of aromatic nitrogens is 3. The number of piperidine rings is 1. The van der Waals surface area contributed by atoms with Gasteiger partial charge in [-0.1, -0.05) is 61.5 Å². The maximum absolute atomic E-state index is 13.4. The first-order valence-electron chi connectivity index (χ1n) is 10.7. The fraction of sp³-hybridized carbons (Fsp3) is 0.417. The predicted molar refractivity (Wildman–Crippen MR) is 117 cm³/mol. The van der Waals surface area contributed by atoms with Crippen molar-refractivity contribution in [2.24, 2.45) is 11.8 Å². The number of carbonyl (C=O) groups excluding carboxylic acids is 1. The molecule has 0 saturated carbocycles. The van der Waals surface area contributed by atoms with E-state index < -0.39 is 6.04 Å². The fourth-order valence-electron chi connectivity index (χ4n) is 4.35. The minimum Gasteiger partial charge on any atom is -0.341 e. The molecule has 1 aliphatic heterocycles. The van der Waals surface area contributed by atoms with Gasteiger partial charge in [-0.05, 0) is 48.8 Å². The highest BCUT2D eigenvalue weighted by molar-refractivity contribution is 5.81. The molecule has 3 aromatic rings. The molecule has 0 radical (unpaired) electrons. The normalized spacial score (nSPS) is 16.2. The Kier molecular flexibility index (Phi) is 5.93. The summed E-state index contributed by atoms with van der Waals surface area (Å²) >= 11 is 0. The van der Waals surface area contributed by atoms with Gasteiger partial charge in [-0.15, -0.1) is 5.10 Å². The van der Waals surface area contributed by atoms with E-state index in [0.717, 1.165) is 32.4 Å². The van der Waals surface area contributed by atoms with E-state index in [-0.39, 0.29) is 17.4 Å². The molecule has 0 bridgehead atoms. The number of hydrogen-bond acceptors (Lipinski definition) is 4. The molecule has 1 fully saturated rings. The van der Waals surface area contributed by atoms with Crippen LogP contribution >= 0.6 is 0 Å². The molecule has 6 heteroatoms. The van der Waals surface area contributed by atoms with Crippen LogP contribution in [0.5, 0.6) is 0 Å². The lowest BCUT2D eigenvalue weighted by molar-refractivity contribution is -0.138. The maximum Gasteiger partial charge on any atom is 0.278 e. The number of amides is 1. The first kappa shape index (κ1) is 20.3. The first-order valence-corrected chi connectivity index (χ1v) is 10.7. The largest absolute Gasteiger partial charge is 0.341 e. The van der Waals surface area contributed by atoms with E-state index in [1.165, 1.54) is 10.2 Å². The van der Waals surface area contributed by atoms with E-state index in [0.29, 0.717) is 16.8 Å². The topological polar surface area (TPSA) is 68.1 Å². The Hall–Kier alpha value is -3.02. The van der Waals surface area contributed by atoms with Crippen molar-refractivity contribution >= 4 is 16.8 Å². The zero-order valence-electron chi connectivity index (χ0n) is 17.6. The number of fused-ring (bicyclic) bond motifs is 1. The summed E-state index contributed by atoms with van der Waals surface area (Å²) < 4.78 is 1.28. The number of likely N-dealkylation sites (tertiary alicyclic amines) is 1. The summed E-state index contributed by atoms with van der Waals surface area (Å²) in [6.07, 6.45) is 3.00. The van der Waals surface area contributed by atoms with Crippen molar-refractivity contribution in [1.82, 2.24) is 19.9 Å². The highest BCUT2D eigenvalue weighted by atomic mass is 16.2. The Bertz CT molecular complexity index is 1070. The molecule has 1 amide bonds. The van der Waals surface area contributed by atoms with E-state index in [1.54, 1.807) is 18.2 Å². The molecule has 1 aliphatic rings. The van der Waals surface area contributed by atoms with Crippen LogP contribution in [-0.4, -0.2) is 38.9 Å². The summed E-state index contributed by atoms with van der Waals surface area (Å²) in [4.78, 5) is 28.3. The van der Waals surface area contributed by atoms with Gasteiger partial charge in [0.15, 0.2) is 0 Å². The average molecular weight is 405 g/mol. The van der Waals surface area contributed by atoms with Gasteiger partial charge < -0.3 is 4.90 Å². The summed E-state index contributed by atoms with van der Waals surface area (Å²) in [5, 5.41) is 8.79. The Labute approximate surface area is 176 Å². The van der Waals surface area contributed by atoms with Gasteiger partial charge in [0, 0.05) is 13.1 Å². The Morgan fingerprint density at radius 3 is 2.40 bits per heavy atom. The standard InChI is InChI=1S/C24H28N4O2/c1-17(2)22(28-23(29)20-10-6-7-11-21(20)25-26-28)24(30)27-14-12-19(13-15-27)16-18-8-4-3-5-9-18/h3-11,17,19,22H,12-16H2,1-2H3. The smallest absolute Gasteiger partial charge is 0.278 e. The van der Waals surface area contributed by atoms with Crippen LogP contribution in [0, 0.1) is 11.8 Å². The number of carbonyl (C=O) groups is 1. The predicted octanol–water partition coefficient (Wildman–Crippen LogP) is 3.47. The van der Waals surface area contributed by atoms with Gasteiger partial charge in [0.25, 0.3) is 5.56 Å². The zero-order valence-corrected chi connectivity index (χ0v) is 17.6. The lowest BCUT2D eigenvalue weighted by Crippen LogP contribution is -2.46. The maximum atomic E-state index is 13.4. The first-order chi connectivity index (χ1) is 14.5. The lowest BCUT2D eigenvalue weighted by atomic mass is 9.89. The average Bonchev–Trinajstić information content (AvgIpc) is 2.76. The quantitative estimate of drug-likeness (QED) is 0.653.